The maximum atomic E-state index is 10.9. The van der Waals surface area contributed by atoms with E-state index in [9.17, 15) is 4.79 Å². The van der Waals surface area contributed by atoms with E-state index < -0.39 is 5.91 Å². The van der Waals surface area contributed by atoms with Gasteiger partial charge in [0.25, 0.3) is 0 Å². The van der Waals surface area contributed by atoms with Crippen molar-refractivity contribution < 1.29 is 9.53 Å². The van der Waals surface area contributed by atoms with Crippen molar-refractivity contribution in [3.63, 3.8) is 0 Å². The van der Waals surface area contributed by atoms with E-state index in [0.717, 1.165) is 5.69 Å². The standard InChI is InChI=1S/C12H18N2O2/c1-3-16-8-9(2)14-11-6-4-10(5-7-11)12(13)15/h4-7,9,14H,3,8H2,1-2H3,(H2,13,15)/t9-/m1/s1. The molecular weight excluding hydrogens is 204 g/mol. The molecule has 16 heavy (non-hydrogen) atoms. The van der Waals surface area contributed by atoms with E-state index in [-0.39, 0.29) is 6.04 Å². The van der Waals surface area contributed by atoms with Crippen LogP contribution >= 0.6 is 0 Å². The fourth-order valence-corrected chi connectivity index (χ4v) is 1.35. The Morgan fingerprint density at radius 3 is 2.56 bits per heavy atom. The number of nitrogens with two attached hydrogens (primary N) is 1. The number of carbonyl (C=O) groups is 1. The Morgan fingerprint density at radius 2 is 2.06 bits per heavy atom. The maximum Gasteiger partial charge on any atom is 0.248 e. The van der Waals surface area contributed by atoms with E-state index in [0.29, 0.717) is 18.8 Å². The van der Waals surface area contributed by atoms with Crippen LogP contribution in [0.2, 0.25) is 0 Å². The van der Waals surface area contributed by atoms with Gasteiger partial charge in [0.15, 0.2) is 0 Å². The van der Waals surface area contributed by atoms with Gasteiger partial charge in [0, 0.05) is 23.9 Å². The van der Waals surface area contributed by atoms with Crippen molar-refractivity contribution in [2.75, 3.05) is 18.5 Å². The summed E-state index contributed by atoms with van der Waals surface area (Å²) in [5.41, 5.74) is 6.62. The third kappa shape index (κ3) is 3.90. The van der Waals surface area contributed by atoms with Gasteiger partial charge in [-0.05, 0) is 38.1 Å². The molecule has 3 N–H and O–H groups in total. The summed E-state index contributed by atoms with van der Waals surface area (Å²) in [4.78, 5) is 10.9. The van der Waals surface area contributed by atoms with Gasteiger partial charge < -0.3 is 15.8 Å². The summed E-state index contributed by atoms with van der Waals surface area (Å²) < 4.78 is 5.29. The van der Waals surface area contributed by atoms with E-state index in [2.05, 4.69) is 5.32 Å². The number of primary amides is 1. The van der Waals surface area contributed by atoms with Gasteiger partial charge in [-0.3, -0.25) is 4.79 Å². The Hall–Kier alpha value is -1.55. The molecule has 0 fully saturated rings. The number of benzene rings is 1. The molecule has 0 aliphatic heterocycles. The summed E-state index contributed by atoms with van der Waals surface area (Å²) in [6.45, 7) is 5.38. The van der Waals surface area contributed by atoms with Crippen LogP contribution in [-0.2, 0) is 4.74 Å². The maximum absolute atomic E-state index is 10.9. The third-order valence-electron chi connectivity index (χ3n) is 2.15. The second-order valence-corrected chi connectivity index (χ2v) is 3.65. The Morgan fingerprint density at radius 1 is 1.44 bits per heavy atom. The average Bonchev–Trinajstić information content (AvgIpc) is 2.27. The number of anilines is 1. The average molecular weight is 222 g/mol. The van der Waals surface area contributed by atoms with Crippen molar-refractivity contribution in [3.8, 4) is 0 Å². The topological polar surface area (TPSA) is 64.3 Å². The predicted molar refractivity (Wildman–Crippen MR) is 64.5 cm³/mol. The number of nitrogens with one attached hydrogen (secondary N) is 1. The number of amides is 1. The number of carbonyl (C=O) groups excluding carboxylic acids is 1. The second-order valence-electron chi connectivity index (χ2n) is 3.65. The van der Waals surface area contributed by atoms with Gasteiger partial charge in [-0.25, -0.2) is 0 Å². The molecule has 88 valence electrons. The van der Waals surface area contributed by atoms with Crippen LogP contribution in [-0.4, -0.2) is 25.2 Å². The summed E-state index contributed by atoms with van der Waals surface area (Å²) in [6.07, 6.45) is 0. The zero-order chi connectivity index (χ0) is 12.0. The van der Waals surface area contributed by atoms with Crippen molar-refractivity contribution in [2.45, 2.75) is 19.9 Å². The minimum Gasteiger partial charge on any atom is -0.380 e. The SMILES string of the molecule is CCOC[C@@H](C)Nc1ccc(C(N)=O)cc1. The zero-order valence-electron chi connectivity index (χ0n) is 9.69. The third-order valence-corrected chi connectivity index (χ3v) is 2.15. The Labute approximate surface area is 95.8 Å². The molecule has 0 spiro atoms. The van der Waals surface area contributed by atoms with Gasteiger partial charge in [-0.1, -0.05) is 0 Å². The molecule has 1 atom stereocenters. The largest absolute Gasteiger partial charge is 0.380 e. The van der Waals surface area contributed by atoms with Crippen molar-refractivity contribution in [1.29, 1.82) is 0 Å². The molecular formula is C12H18N2O2. The number of hydrogen-bond donors (Lipinski definition) is 2. The first-order chi connectivity index (χ1) is 7.63. The quantitative estimate of drug-likeness (QED) is 0.768. The summed E-state index contributed by atoms with van der Waals surface area (Å²) in [5, 5.41) is 3.27. The molecule has 0 aliphatic carbocycles. The minimum absolute atomic E-state index is 0.236. The fraction of sp³-hybridized carbons (Fsp3) is 0.417. The molecule has 4 heteroatoms. The molecule has 0 saturated heterocycles. The minimum atomic E-state index is -0.408. The van der Waals surface area contributed by atoms with Gasteiger partial charge in [0.05, 0.1) is 6.61 Å². The molecule has 0 aliphatic rings. The Balaban J connectivity index is 2.51. The summed E-state index contributed by atoms with van der Waals surface area (Å²) in [7, 11) is 0. The van der Waals surface area contributed by atoms with Crippen LogP contribution in [0, 0.1) is 0 Å². The van der Waals surface area contributed by atoms with Crippen LogP contribution < -0.4 is 11.1 Å². The lowest BCUT2D eigenvalue weighted by Crippen LogP contribution is -2.21. The first kappa shape index (κ1) is 12.5. The van der Waals surface area contributed by atoms with Crippen molar-refractivity contribution in [2.24, 2.45) is 5.73 Å². The molecule has 0 heterocycles. The molecule has 1 aromatic carbocycles. The zero-order valence-corrected chi connectivity index (χ0v) is 9.69. The molecule has 0 radical (unpaired) electrons. The highest BCUT2D eigenvalue weighted by Gasteiger charge is 2.03. The Bertz CT molecular complexity index is 335. The van der Waals surface area contributed by atoms with E-state index in [4.69, 9.17) is 10.5 Å². The molecule has 1 amide bonds. The van der Waals surface area contributed by atoms with Crippen molar-refractivity contribution in [3.05, 3.63) is 29.8 Å². The monoisotopic (exact) mass is 222 g/mol. The smallest absolute Gasteiger partial charge is 0.248 e. The fourth-order valence-electron chi connectivity index (χ4n) is 1.35. The summed E-state index contributed by atoms with van der Waals surface area (Å²) in [6, 6.07) is 7.32. The van der Waals surface area contributed by atoms with E-state index in [1.54, 1.807) is 12.1 Å². The van der Waals surface area contributed by atoms with Crippen LogP contribution in [0.1, 0.15) is 24.2 Å². The van der Waals surface area contributed by atoms with E-state index in [1.807, 2.05) is 26.0 Å². The highest BCUT2D eigenvalue weighted by atomic mass is 16.5. The van der Waals surface area contributed by atoms with E-state index >= 15 is 0 Å². The predicted octanol–water partition coefficient (Wildman–Crippen LogP) is 1.62. The highest BCUT2D eigenvalue weighted by Crippen LogP contribution is 2.10. The highest BCUT2D eigenvalue weighted by molar-refractivity contribution is 5.93. The second kappa shape index (κ2) is 6.12. The lowest BCUT2D eigenvalue weighted by Gasteiger charge is -2.14. The molecule has 0 unspecified atom stereocenters. The normalized spacial score (nSPS) is 12.1. The van der Waals surface area contributed by atoms with Gasteiger partial charge in [-0.15, -0.1) is 0 Å². The molecule has 0 bridgehead atoms. The molecule has 0 aromatic heterocycles. The van der Waals surface area contributed by atoms with Crippen LogP contribution in [0.25, 0.3) is 0 Å². The van der Waals surface area contributed by atoms with Crippen molar-refractivity contribution in [1.82, 2.24) is 0 Å². The molecule has 4 nitrogen and oxygen atoms in total. The first-order valence-corrected chi connectivity index (χ1v) is 5.37. The summed E-state index contributed by atoms with van der Waals surface area (Å²) >= 11 is 0. The number of hydrogen-bond acceptors (Lipinski definition) is 3. The Kier molecular flexibility index (Phi) is 4.79. The lowest BCUT2D eigenvalue weighted by atomic mass is 10.2. The summed E-state index contributed by atoms with van der Waals surface area (Å²) in [5.74, 6) is -0.408. The molecule has 1 aromatic rings. The molecule has 0 saturated carbocycles. The number of rotatable bonds is 6. The first-order valence-electron chi connectivity index (χ1n) is 5.37. The van der Waals surface area contributed by atoms with Crippen LogP contribution in [0.4, 0.5) is 5.69 Å². The van der Waals surface area contributed by atoms with E-state index in [1.165, 1.54) is 0 Å². The lowest BCUT2D eigenvalue weighted by molar-refractivity contribution is 0.100. The number of ether oxygens (including phenoxy) is 1. The van der Waals surface area contributed by atoms with Crippen LogP contribution in [0.15, 0.2) is 24.3 Å². The van der Waals surface area contributed by atoms with Gasteiger partial charge in [0.1, 0.15) is 0 Å². The molecule has 1 rings (SSSR count). The van der Waals surface area contributed by atoms with Gasteiger partial charge in [0.2, 0.25) is 5.91 Å². The van der Waals surface area contributed by atoms with Crippen LogP contribution in [0.3, 0.4) is 0 Å². The van der Waals surface area contributed by atoms with Gasteiger partial charge in [-0.2, -0.15) is 0 Å². The van der Waals surface area contributed by atoms with Crippen LogP contribution in [0.5, 0.6) is 0 Å². The van der Waals surface area contributed by atoms with Gasteiger partial charge >= 0.3 is 0 Å². The van der Waals surface area contributed by atoms with Crippen molar-refractivity contribution >= 4 is 11.6 Å².